The van der Waals surface area contributed by atoms with Crippen LogP contribution in [0.1, 0.15) is 24.2 Å². The maximum absolute atomic E-state index is 12.4. The van der Waals surface area contributed by atoms with Crippen LogP contribution in [0.2, 0.25) is 5.02 Å². The number of carbonyl (C=O) groups excluding carboxylic acids is 1. The highest BCUT2D eigenvalue weighted by molar-refractivity contribution is 6.30. The van der Waals surface area contributed by atoms with Crippen LogP contribution in [0.15, 0.2) is 42.5 Å². The summed E-state index contributed by atoms with van der Waals surface area (Å²) < 4.78 is 5.66. The summed E-state index contributed by atoms with van der Waals surface area (Å²) in [4.78, 5) is 23.4. The van der Waals surface area contributed by atoms with Gasteiger partial charge in [-0.25, -0.2) is 4.79 Å². The molecule has 0 fully saturated rings. The summed E-state index contributed by atoms with van der Waals surface area (Å²) in [5.41, 5.74) is -1.28. The smallest absolute Gasteiger partial charge is 0.339 e. The molecular formula is C17H16ClNO5. The van der Waals surface area contributed by atoms with E-state index in [0.717, 1.165) is 0 Å². The van der Waals surface area contributed by atoms with Crippen molar-refractivity contribution in [3.05, 3.63) is 53.1 Å². The Balaban J connectivity index is 2.14. The van der Waals surface area contributed by atoms with Crippen LogP contribution >= 0.6 is 11.6 Å². The number of amides is 1. The van der Waals surface area contributed by atoms with Gasteiger partial charge in [0, 0.05) is 10.7 Å². The van der Waals surface area contributed by atoms with Gasteiger partial charge in [0.05, 0.1) is 0 Å². The fraction of sp³-hybridized carbons (Fsp3) is 0.176. The molecule has 0 aliphatic rings. The Morgan fingerprint density at radius 2 is 1.75 bits per heavy atom. The lowest BCUT2D eigenvalue weighted by molar-refractivity contribution is -0.128. The second-order valence-corrected chi connectivity index (χ2v) is 5.99. The molecular weight excluding hydrogens is 334 g/mol. The molecule has 0 atom stereocenters. The molecule has 0 aliphatic heterocycles. The van der Waals surface area contributed by atoms with E-state index in [1.165, 1.54) is 18.2 Å². The predicted molar refractivity (Wildman–Crippen MR) is 89.9 cm³/mol. The zero-order valence-corrected chi connectivity index (χ0v) is 13.8. The molecule has 0 heterocycles. The monoisotopic (exact) mass is 349 g/mol. The molecule has 0 aromatic heterocycles. The number of hydrogen-bond donors (Lipinski definition) is 3. The van der Waals surface area contributed by atoms with Gasteiger partial charge in [0.25, 0.3) is 5.91 Å². The highest BCUT2D eigenvalue weighted by atomic mass is 35.5. The number of halogens is 1. The number of aromatic hydroxyl groups is 1. The van der Waals surface area contributed by atoms with Crippen LogP contribution in [0.5, 0.6) is 11.5 Å². The van der Waals surface area contributed by atoms with Crippen LogP contribution in [0, 0.1) is 0 Å². The minimum atomic E-state index is -1.29. The van der Waals surface area contributed by atoms with Crippen molar-refractivity contribution in [2.24, 2.45) is 0 Å². The van der Waals surface area contributed by atoms with Crippen molar-refractivity contribution in [2.75, 3.05) is 5.32 Å². The molecule has 7 heteroatoms. The second-order valence-electron chi connectivity index (χ2n) is 5.56. The van der Waals surface area contributed by atoms with Crippen molar-refractivity contribution in [3.63, 3.8) is 0 Å². The first kappa shape index (κ1) is 17.6. The van der Waals surface area contributed by atoms with E-state index in [4.69, 9.17) is 21.4 Å². The average molecular weight is 350 g/mol. The van der Waals surface area contributed by atoms with Crippen LogP contribution in [0.4, 0.5) is 5.69 Å². The van der Waals surface area contributed by atoms with E-state index in [1.54, 1.807) is 38.1 Å². The molecule has 0 saturated carbocycles. The third-order valence-corrected chi connectivity index (χ3v) is 3.47. The number of carbonyl (C=O) groups is 2. The molecule has 3 N–H and O–H groups in total. The van der Waals surface area contributed by atoms with Crippen LogP contribution < -0.4 is 10.1 Å². The second kappa shape index (κ2) is 6.80. The lowest BCUT2D eigenvalue weighted by atomic mass is 10.1. The molecule has 0 radical (unpaired) electrons. The Labute approximate surface area is 143 Å². The number of carboxylic acids is 1. The van der Waals surface area contributed by atoms with Gasteiger partial charge in [-0.05, 0) is 56.3 Å². The minimum absolute atomic E-state index is 0.239. The summed E-state index contributed by atoms with van der Waals surface area (Å²) in [6, 6.07) is 10.3. The average Bonchev–Trinajstić information content (AvgIpc) is 2.51. The lowest BCUT2D eigenvalue weighted by Gasteiger charge is -2.25. The van der Waals surface area contributed by atoms with E-state index >= 15 is 0 Å². The van der Waals surface area contributed by atoms with E-state index in [-0.39, 0.29) is 17.0 Å². The third-order valence-electron chi connectivity index (χ3n) is 3.22. The van der Waals surface area contributed by atoms with Crippen molar-refractivity contribution in [2.45, 2.75) is 19.4 Å². The summed E-state index contributed by atoms with van der Waals surface area (Å²) in [6.45, 7) is 3.16. The molecule has 2 aromatic rings. The maximum atomic E-state index is 12.4. The highest BCUT2D eigenvalue weighted by Crippen LogP contribution is 2.24. The van der Waals surface area contributed by atoms with E-state index in [9.17, 15) is 14.7 Å². The van der Waals surface area contributed by atoms with Gasteiger partial charge in [0.2, 0.25) is 0 Å². The first-order valence-corrected chi connectivity index (χ1v) is 7.39. The van der Waals surface area contributed by atoms with E-state index < -0.39 is 17.5 Å². The van der Waals surface area contributed by atoms with Crippen molar-refractivity contribution in [1.29, 1.82) is 0 Å². The van der Waals surface area contributed by atoms with Gasteiger partial charge in [-0.15, -0.1) is 0 Å². The molecule has 126 valence electrons. The van der Waals surface area contributed by atoms with Crippen LogP contribution in [0.25, 0.3) is 0 Å². The molecule has 0 spiro atoms. The molecule has 2 aromatic carbocycles. The van der Waals surface area contributed by atoms with Gasteiger partial charge >= 0.3 is 5.97 Å². The molecule has 0 aliphatic carbocycles. The number of nitrogens with one attached hydrogen (secondary N) is 1. The quantitative estimate of drug-likeness (QED) is 0.717. The van der Waals surface area contributed by atoms with Crippen molar-refractivity contribution < 1.29 is 24.5 Å². The molecule has 0 saturated heterocycles. The molecule has 2 rings (SSSR count). The van der Waals surface area contributed by atoms with Crippen molar-refractivity contribution >= 4 is 29.2 Å². The predicted octanol–water partition coefficient (Wildman–Crippen LogP) is 3.54. The highest BCUT2D eigenvalue weighted by Gasteiger charge is 2.30. The van der Waals surface area contributed by atoms with Gasteiger partial charge in [-0.3, -0.25) is 4.79 Å². The van der Waals surface area contributed by atoms with E-state index in [2.05, 4.69) is 5.32 Å². The Morgan fingerprint density at radius 3 is 2.33 bits per heavy atom. The third kappa shape index (κ3) is 4.17. The number of phenols is 1. The lowest BCUT2D eigenvalue weighted by Crippen LogP contribution is -2.42. The van der Waals surface area contributed by atoms with Crippen LogP contribution in [-0.2, 0) is 4.79 Å². The molecule has 24 heavy (non-hydrogen) atoms. The van der Waals surface area contributed by atoms with Crippen molar-refractivity contribution in [3.8, 4) is 11.5 Å². The zero-order valence-electron chi connectivity index (χ0n) is 13.0. The molecule has 0 unspecified atom stereocenters. The molecule has 0 bridgehead atoms. The summed E-state index contributed by atoms with van der Waals surface area (Å²) in [5.74, 6) is -1.67. The van der Waals surface area contributed by atoms with E-state index in [1.807, 2.05) is 0 Å². The fourth-order valence-electron chi connectivity index (χ4n) is 1.91. The summed E-state index contributed by atoms with van der Waals surface area (Å²) in [5, 5.41) is 21.6. The summed E-state index contributed by atoms with van der Waals surface area (Å²) in [6.07, 6.45) is 0. The Kier molecular flexibility index (Phi) is 4.99. The number of hydrogen-bond acceptors (Lipinski definition) is 4. The summed E-state index contributed by atoms with van der Waals surface area (Å²) >= 11 is 5.80. The fourth-order valence-corrected chi connectivity index (χ4v) is 2.04. The standard InChI is InChI=1S/C17H16ClNO5/c1-17(2,24-12-6-3-10(18)4-7-12)16(23)19-11-5-8-14(20)13(9-11)15(21)22/h3-9,20H,1-2H3,(H,19,23)(H,21,22). The Hall–Kier alpha value is -2.73. The molecule has 6 nitrogen and oxygen atoms in total. The topological polar surface area (TPSA) is 95.9 Å². The van der Waals surface area contributed by atoms with Gasteiger partial charge < -0.3 is 20.3 Å². The number of ether oxygens (including phenoxy) is 1. The van der Waals surface area contributed by atoms with Gasteiger partial charge in [-0.1, -0.05) is 11.6 Å². The minimum Gasteiger partial charge on any atom is -0.507 e. The maximum Gasteiger partial charge on any atom is 0.339 e. The number of anilines is 1. The Morgan fingerprint density at radius 1 is 1.12 bits per heavy atom. The van der Waals surface area contributed by atoms with Crippen molar-refractivity contribution in [1.82, 2.24) is 0 Å². The number of benzene rings is 2. The Bertz CT molecular complexity index is 771. The SMILES string of the molecule is CC(C)(Oc1ccc(Cl)cc1)C(=O)Nc1ccc(O)c(C(=O)O)c1. The van der Waals surface area contributed by atoms with E-state index in [0.29, 0.717) is 10.8 Å². The molecule has 1 amide bonds. The number of aromatic carboxylic acids is 1. The normalized spacial score (nSPS) is 11.0. The van der Waals surface area contributed by atoms with Gasteiger partial charge in [-0.2, -0.15) is 0 Å². The van der Waals surface area contributed by atoms with Crippen LogP contribution in [0.3, 0.4) is 0 Å². The first-order chi connectivity index (χ1) is 11.2. The van der Waals surface area contributed by atoms with Gasteiger partial charge in [0.15, 0.2) is 5.60 Å². The largest absolute Gasteiger partial charge is 0.507 e. The summed E-state index contributed by atoms with van der Waals surface area (Å²) in [7, 11) is 0. The number of rotatable bonds is 5. The van der Waals surface area contributed by atoms with Gasteiger partial charge in [0.1, 0.15) is 17.1 Å². The van der Waals surface area contributed by atoms with Crippen LogP contribution in [-0.4, -0.2) is 27.7 Å². The zero-order chi connectivity index (χ0) is 17.9. The number of carboxylic acid groups (broad SMARTS) is 1. The first-order valence-electron chi connectivity index (χ1n) is 7.01.